The Morgan fingerprint density at radius 3 is 2.33 bits per heavy atom. The van der Waals surface area contributed by atoms with Crippen LogP contribution in [-0.4, -0.2) is 9.97 Å². The molecular formula is C17H14BrN3O3. The number of aromatic nitrogens is 2. The zero-order valence-electron chi connectivity index (χ0n) is 12.5. The van der Waals surface area contributed by atoms with Crippen molar-refractivity contribution in [3.8, 4) is 5.75 Å². The number of H-pyrrole nitrogens is 2. The van der Waals surface area contributed by atoms with E-state index in [2.05, 4.69) is 31.2 Å². The Morgan fingerprint density at radius 1 is 0.958 bits per heavy atom. The van der Waals surface area contributed by atoms with Crippen molar-refractivity contribution in [2.24, 2.45) is 0 Å². The van der Waals surface area contributed by atoms with Gasteiger partial charge in [-0.15, -0.1) is 0 Å². The van der Waals surface area contributed by atoms with E-state index < -0.39 is 11.2 Å². The third-order valence-corrected chi connectivity index (χ3v) is 3.74. The second-order valence-electron chi connectivity index (χ2n) is 5.07. The summed E-state index contributed by atoms with van der Waals surface area (Å²) < 4.78 is 6.75. The Kier molecular flexibility index (Phi) is 4.81. The van der Waals surface area contributed by atoms with Gasteiger partial charge in [0.15, 0.2) is 0 Å². The van der Waals surface area contributed by atoms with Crippen molar-refractivity contribution in [3.05, 3.63) is 85.5 Å². The molecule has 0 atom stereocenters. The molecule has 1 heterocycles. The van der Waals surface area contributed by atoms with E-state index in [4.69, 9.17) is 4.74 Å². The molecule has 0 fully saturated rings. The van der Waals surface area contributed by atoms with Gasteiger partial charge in [-0.2, -0.15) is 0 Å². The fraction of sp³-hybridized carbons (Fsp3) is 0.0588. The van der Waals surface area contributed by atoms with Gasteiger partial charge in [0.25, 0.3) is 5.56 Å². The van der Waals surface area contributed by atoms with Crippen molar-refractivity contribution in [1.29, 1.82) is 0 Å². The molecule has 0 saturated heterocycles. The molecule has 0 aliphatic carbocycles. The number of benzene rings is 2. The number of rotatable bonds is 5. The highest BCUT2D eigenvalue weighted by atomic mass is 79.9. The molecule has 0 saturated carbocycles. The fourth-order valence-corrected chi connectivity index (χ4v) is 2.34. The Labute approximate surface area is 145 Å². The molecule has 122 valence electrons. The zero-order valence-corrected chi connectivity index (χ0v) is 14.1. The highest BCUT2D eigenvalue weighted by Gasteiger charge is 2.00. The molecule has 3 N–H and O–H groups in total. The summed E-state index contributed by atoms with van der Waals surface area (Å²) in [6.45, 7) is 0.474. The van der Waals surface area contributed by atoms with Gasteiger partial charge in [0.2, 0.25) is 0 Å². The van der Waals surface area contributed by atoms with Crippen molar-refractivity contribution in [2.75, 3.05) is 5.32 Å². The maximum atomic E-state index is 11.3. The van der Waals surface area contributed by atoms with Crippen LogP contribution in [0.2, 0.25) is 0 Å². The van der Waals surface area contributed by atoms with E-state index in [9.17, 15) is 9.59 Å². The first-order valence-electron chi connectivity index (χ1n) is 7.16. The van der Waals surface area contributed by atoms with Crippen LogP contribution in [0.15, 0.2) is 68.7 Å². The largest absolute Gasteiger partial charge is 0.489 e. The molecule has 0 unspecified atom stereocenters. The van der Waals surface area contributed by atoms with E-state index in [0.29, 0.717) is 12.4 Å². The number of hydrogen-bond acceptors (Lipinski definition) is 4. The van der Waals surface area contributed by atoms with E-state index in [0.717, 1.165) is 21.5 Å². The van der Waals surface area contributed by atoms with Gasteiger partial charge in [-0.1, -0.05) is 28.1 Å². The Morgan fingerprint density at radius 2 is 1.67 bits per heavy atom. The molecule has 2 aromatic carbocycles. The summed E-state index contributed by atoms with van der Waals surface area (Å²) in [6.07, 6.45) is 0. The lowest BCUT2D eigenvalue weighted by atomic mass is 10.2. The van der Waals surface area contributed by atoms with Crippen LogP contribution in [-0.2, 0) is 6.61 Å². The molecule has 3 aromatic rings. The lowest BCUT2D eigenvalue weighted by molar-refractivity contribution is 0.306. The van der Waals surface area contributed by atoms with Crippen molar-refractivity contribution in [2.45, 2.75) is 6.61 Å². The van der Waals surface area contributed by atoms with Gasteiger partial charge in [-0.05, 0) is 42.0 Å². The van der Waals surface area contributed by atoms with Crippen molar-refractivity contribution in [3.63, 3.8) is 0 Å². The first kappa shape index (κ1) is 16.1. The minimum absolute atomic E-state index is 0.326. The monoisotopic (exact) mass is 387 g/mol. The number of halogens is 1. The summed E-state index contributed by atoms with van der Waals surface area (Å²) in [5.41, 5.74) is 0.781. The molecule has 6 nitrogen and oxygen atoms in total. The van der Waals surface area contributed by atoms with Gasteiger partial charge in [0.1, 0.15) is 18.2 Å². The lowest BCUT2D eigenvalue weighted by Crippen LogP contribution is -2.22. The first-order chi connectivity index (χ1) is 11.6. The average Bonchev–Trinajstić information content (AvgIpc) is 2.55. The number of anilines is 2. The van der Waals surface area contributed by atoms with E-state index in [1.807, 2.05) is 36.4 Å². The number of nitrogens with one attached hydrogen (secondary N) is 3. The van der Waals surface area contributed by atoms with E-state index in [1.165, 1.54) is 6.07 Å². The average molecular weight is 388 g/mol. The van der Waals surface area contributed by atoms with Crippen LogP contribution in [0.25, 0.3) is 0 Å². The molecule has 1 aromatic heterocycles. The summed E-state index contributed by atoms with van der Waals surface area (Å²) in [4.78, 5) is 27.1. The van der Waals surface area contributed by atoms with Crippen LogP contribution < -0.4 is 21.3 Å². The summed E-state index contributed by atoms with van der Waals surface area (Å²) in [5.74, 6) is 1.05. The molecule has 0 aliphatic heterocycles. The van der Waals surface area contributed by atoms with E-state index >= 15 is 0 Å². The summed E-state index contributed by atoms with van der Waals surface area (Å²) >= 11 is 3.39. The number of hydrogen-bond donors (Lipinski definition) is 3. The summed E-state index contributed by atoms with van der Waals surface area (Å²) in [7, 11) is 0. The second-order valence-corrected chi connectivity index (χ2v) is 5.98. The second kappa shape index (κ2) is 7.18. The van der Waals surface area contributed by atoms with Gasteiger partial charge in [0, 0.05) is 16.2 Å². The minimum atomic E-state index is -0.556. The van der Waals surface area contributed by atoms with Gasteiger partial charge >= 0.3 is 5.69 Å². The Balaban J connectivity index is 1.63. The molecule has 3 rings (SSSR count). The van der Waals surface area contributed by atoms with Gasteiger partial charge in [-0.3, -0.25) is 14.8 Å². The van der Waals surface area contributed by atoms with Crippen LogP contribution in [0.4, 0.5) is 11.5 Å². The Hall–Kier alpha value is -2.80. The van der Waals surface area contributed by atoms with Crippen LogP contribution in [0.1, 0.15) is 5.56 Å². The van der Waals surface area contributed by atoms with Crippen molar-refractivity contribution >= 4 is 27.4 Å². The summed E-state index contributed by atoms with van der Waals surface area (Å²) in [6, 6.07) is 16.4. The quantitative estimate of drug-likeness (QED) is 0.627. The van der Waals surface area contributed by atoms with Crippen LogP contribution >= 0.6 is 15.9 Å². The first-order valence-corrected chi connectivity index (χ1v) is 7.96. The van der Waals surface area contributed by atoms with Gasteiger partial charge in [-0.25, -0.2) is 4.79 Å². The topological polar surface area (TPSA) is 87.0 Å². The minimum Gasteiger partial charge on any atom is -0.489 e. The van der Waals surface area contributed by atoms with Crippen LogP contribution in [0.3, 0.4) is 0 Å². The molecule has 0 aliphatic rings. The number of ether oxygens (including phenoxy) is 1. The highest BCUT2D eigenvalue weighted by Crippen LogP contribution is 2.19. The molecule has 0 radical (unpaired) electrons. The number of aromatic amines is 2. The summed E-state index contributed by atoms with van der Waals surface area (Å²) in [5, 5.41) is 2.96. The van der Waals surface area contributed by atoms with E-state index in [1.54, 1.807) is 12.1 Å². The standard InChI is InChI=1S/C17H14BrN3O3/c18-12-3-1-11(2-4-12)10-24-14-7-5-13(6-8-14)19-15-9-16(22)21-17(23)20-15/h1-9H,10H2,(H3,19,20,21,22,23). The molecule has 0 spiro atoms. The molecule has 7 heteroatoms. The van der Waals surface area contributed by atoms with Crippen LogP contribution in [0.5, 0.6) is 5.75 Å². The van der Waals surface area contributed by atoms with Crippen molar-refractivity contribution < 1.29 is 4.74 Å². The molecule has 24 heavy (non-hydrogen) atoms. The smallest absolute Gasteiger partial charge is 0.327 e. The van der Waals surface area contributed by atoms with Crippen molar-refractivity contribution in [1.82, 2.24) is 9.97 Å². The molecule has 0 bridgehead atoms. The van der Waals surface area contributed by atoms with Crippen LogP contribution in [0, 0.1) is 0 Å². The van der Waals surface area contributed by atoms with Gasteiger partial charge in [0.05, 0.1) is 0 Å². The third kappa shape index (κ3) is 4.36. The van der Waals surface area contributed by atoms with Gasteiger partial charge < -0.3 is 10.1 Å². The fourth-order valence-electron chi connectivity index (χ4n) is 2.07. The molecule has 0 amide bonds. The lowest BCUT2D eigenvalue weighted by Gasteiger charge is -2.09. The zero-order chi connectivity index (χ0) is 16.9. The normalized spacial score (nSPS) is 10.4. The SMILES string of the molecule is O=c1cc(Nc2ccc(OCc3ccc(Br)cc3)cc2)[nH]c(=O)[nH]1. The maximum Gasteiger partial charge on any atom is 0.327 e. The predicted molar refractivity (Wildman–Crippen MR) is 95.9 cm³/mol. The predicted octanol–water partition coefficient (Wildman–Crippen LogP) is 3.15. The maximum absolute atomic E-state index is 11.3. The Bertz CT molecular complexity index is 903. The highest BCUT2D eigenvalue weighted by molar-refractivity contribution is 9.10. The third-order valence-electron chi connectivity index (χ3n) is 3.21. The molecular weight excluding hydrogens is 374 g/mol. The van der Waals surface area contributed by atoms with E-state index in [-0.39, 0.29) is 0 Å².